The van der Waals surface area contributed by atoms with Gasteiger partial charge in [0, 0.05) is 5.56 Å². The predicted molar refractivity (Wildman–Crippen MR) is 74.8 cm³/mol. The summed E-state index contributed by atoms with van der Waals surface area (Å²) in [6.45, 7) is 2.03. The van der Waals surface area contributed by atoms with Gasteiger partial charge in [-0.1, -0.05) is 46.7 Å². The van der Waals surface area contributed by atoms with Crippen molar-refractivity contribution in [3.05, 3.63) is 35.7 Å². The number of rotatable bonds is 4. The highest BCUT2D eigenvalue weighted by Crippen LogP contribution is 2.21. The van der Waals surface area contributed by atoms with Crippen LogP contribution in [-0.2, 0) is 5.75 Å². The van der Waals surface area contributed by atoms with Crippen LogP contribution >= 0.6 is 11.8 Å². The summed E-state index contributed by atoms with van der Waals surface area (Å²) < 4.78 is 5.20. The summed E-state index contributed by atoms with van der Waals surface area (Å²) in [5, 5.41) is 11.0. The van der Waals surface area contributed by atoms with E-state index in [-0.39, 0.29) is 0 Å². The van der Waals surface area contributed by atoms with E-state index in [4.69, 9.17) is 10.3 Å². The molecule has 2 heterocycles. The number of nitrogens with one attached hydrogen (secondary N) is 1. The summed E-state index contributed by atoms with van der Waals surface area (Å²) >= 11 is 1.38. The van der Waals surface area contributed by atoms with Crippen molar-refractivity contribution in [3.63, 3.8) is 0 Å². The third kappa shape index (κ3) is 2.80. The molecule has 102 valence electrons. The number of hydrogen-bond donors (Lipinski definition) is 2. The van der Waals surface area contributed by atoms with Gasteiger partial charge in [-0.15, -0.1) is 5.10 Å². The Kier molecular flexibility index (Phi) is 3.38. The van der Waals surface area contributed by atoms with Gasteiger partial charge in [0.05, 0.1) is 5.75 Å². The molecular formula is C12H12N6OS. The molecule has 7 nitrogen and oxygen atoms in total. The van der Waals surface area contributed by atoms with E-state index in [1.165, 1.54) is 17.3 Å². The van der Waals surface area contributed by atoms with Crippen molar-refractivity contribution < 1.29 is 4.52 Å². The first-order chi connectivity index (χ1) is 9.70. The molecule has 0 saturated carbocycles. The summed E-state index contributed by atoms with van der Waals surface area (Å²) in [6, 6.07) is 7.95. The Morgan fingerprint density at radius 3 is 2.75 bits per heavy atom. The molecule has 3 rings (SSSR count). The highest BCUT2D eigenvalue weighted by Gasteiger charge is 2.10. The Hall–Kier alpha value is -2.35. The second-order valence-corrected chi connectivity index (χ2v) is 5.11. The fraction of sp³-hybridized carbons (Fsp3) is 0.167. The van der Waals surface area contributed by atoms with Crippen molar-refractivity contribution in [2.75, 3.05) is 5.73 Å². The third-order valence-electron chi connectivity index (χ3n) is 2.58. The van der Waals surface area contributed by atoms with Crippen LogP contribution in [0.2, 0.25) is 0 Å². The van der Waals surface area contributed by atoms with Gasteiger partial charge >= 0.3 is 0 Å². The minimum Gasteiger partial charge on any atom is -0.368 e. The maximum atomic E-state index is 5.45. The van der Waals surface area contributed by atoms with E-state index >= 15 is 0 Å². The highest BCUT2D eigenvalue weighted by atomic mass is 32.2. The lowest BCUT2D eigenvalue weighted by Crippen LogP contribution is -1.85. The summed E-state index contributed by atoms with van der Waals surface area (Å²) in [6.07, 6.45) is 0. The lowest BCUT2D eigenvalue weighted by Gasteiger charge is -1.94. The van der Waals surface area contributed by atoms with Crippen LogP contribution < -0.4 is 5.73 Å². The Bertz CT molecular complexity index is 705. The molecule has 0 aliphatic carbocycles. The van der Waals surface area contributed by atoms with E-state index in [0.29, 0.717) is 28.6 Å². The number of nitrogen functional groups attached to an aromatic ring is 1. The number of nitrogens with zero attached hydrogens (tertiary/aromatic N) is 4. The molecule has 3 N–H and O–H groups in total. The molecule has 0 atom stereocenters. The van der Waals surface area contributed by atoms with Gasteiger partial charge in [-0.2, -0.15) is 9.97 Å². The second-order valence-electron chi connectivity index (χ2n) is 4.17. The molecule has 20 heavy (non-hydrogen) atoms. The lowest BCUT2D eigenvalue weighted by atomic mass is 10.1. The van der Waals surface area contributed by atoms with Crippen LogP contribution in [-0.4, -0.2) is 25.3 Å². The van der Waals surface area contributed by atoms with Crippen molar-refractivity contribution in [3.8, 4) is 11.4 Å². The zero-order valence-corrected chi connectivity index (χ0v) is 11.5. The monoisotopic (exact) mass is 288 g/mol. The Balaban J connectivity index is 1.69. The molecule has 3 aromatic rings. The van der Waals surface area contributed by atoms with Crippen LogP contribution in [0.1, 0.15) is 11.5 Å². The van der Waals surface area contributed by atoms with Crippen LogP contribution in [0.4, 0.5) is 5.95 Å². The fourth-order valence-electron chi connectivity index (χ4n) is 1.58. The van der Waals surface area contributed by atoms with Gasteiger partial charge in [0.15, 0.2) is 0 Å². The first-order valence-electron chi connectivity index (χ1n) is 5.91. The number of aromatic nitrogens is 5. The minimum atomic E-state index is 0.290. The highest BCUT2D eigenvalue weighted by molar-refractivity contribution is 7.98. The fourth-order valence-corrected chi connectivity index (χ4v) is 2.23. The molecular weight excluding hydrogens is 276 g/mol. The van der Waals surface area contributed by atoms with Crippen molar-refractivity contribution in [1.29, 1.82) is 0 Å². The number of hydrogen-bond acceptors (Lipinski definition) is 7. The van der Waals surface area contributed by atoms with Crippen LogP contribution in [0.25, 0.3) is 11.4 Å². The zero-order valence-electron chi connectivity index (χ0n) is 10.7. The SMILES string of the molecule is Cc1ccc(-c2noc(CSc3n[nH]c(N)n3)n2)cc1. The van der Waals surface area contributed by atoms with Gasteiger partial charge in [-0.3, -0.25) is 0 Å². The molecule has 0 bridgehead atoms. The van der Waals surface area contributed by atoms with Gasteiger partial charge in [0.25, 0.3) is 0 Å². The topological polar surface area (TPSA) is 107 Å². The third-order valence-corrected chi connectivity index (χ3v) is 3.42. The number of anilines is 1. The van der Waals surface area contributed by atoms with E-state index in [1.807, 2.05) is 31.2 Å². The average Bonchev–Trinajstić information content (AvgIpc) is 3.06. The molecule has 0 unspecified atom stereocenters. The van der Waals surface area contributed by atoms with Crippen molar-refractivity contribution in [2.24, 2.45) is 0 Å². The molecule has 0 fully saturated rings. The van der Waals surface area contributed by atoms with Crippen LogP contribution in [0.3, 0.4) is 0 Å². The number of H-pyrrole nitrogens is 1. The maximum Gasteiger partial charge on any atom is 0.237 e. The predicted octanol–water partition coefficient (Wildman–Crippen LogP) is 2.04. The van der Waals surface area contributed by atoms with Gasteiger partial charge in [0.2, 0.25) is 22.8 Å². The van der Waals surface area contributed by atoms with Gasteiger partial charge in [-0.05, 0) is 6.92 Å². The quantitative estimate of drug-likeness (QED) is 0.707. The van der Waals surface area contributed by atoms with Crippen LogP contribution in [0, 0.1) is 6.92 Å². The number of nitrogens with two attached hydrogens (primary N) is 1. The van der Waals surface area contributed by atoms with Gasteiger partial charge < -0.3 is 10.3 Å². The summed E-state index contributed by atoms with van der Waals surface area (Å²) in [5.74, 6) is 1.89. The minimum absolute atomic E-state index is 0.290. The Labute approximate surface area is 119 Å². The summed E-state index contributed by atoms with van der Waals surface area (Å²) in [4.78, 5) is 8.32. The van der Waals surface area contributed by atoms with Crippen molar-refractivity contribution in [2.45, 2.75) is 17.8 Å². The van der Waals surface area contributed by atoms with Crippen LogP contribution in [0.15, 0.2) is 33.9 Å². The van der Waals surface area contributed by atoms with E-state index in [1.54, 1.807) is 0 Å². The normalized spacial score (nSPS) is 10.8. The molecule has 1 aromatic carbocycles. The second kappa shape index (κ2) is 5.33. The number of thioether (sulfide) groups is 1. The standard InChI is InChI=1S/C12H12N6OS/c1-7-2-4-8(5-3-7)10-14-9(19-18-10)6-20-12-15-11(13)16-17-12/h2-5H,6H2,1H3,(H3,13,15,16,17). The summed E-state index contributed by atoms with van der Waals surface area (Å²) in [7, 11) is 0. The molecule has 0 spiro atoms. The maximum absolute atomic E-state index is 5.45. The number of aromatic amines is 1. The van der Waals surface area contributed by atoms with Crippen LogP contribution in [0.5, 0.6) is 0 Å². The molecule has 0 aliphatic heterocycles. The van der Waals surface area contributed by atoms with E-state index < -0.39 is 0 Å². The lowest BCUT2D eigenvalue weighted by molar-refractivity contribution is 0.391. The Morgan fingerprint density at radius 1 is 1.25 bits per heavy atom. The average molecular weight is 288 g/mol. The van der Waals surface area contributed by atoms with Crippen molar-refractivity contribution in [1.82, 2.24) is 25.3 Å². The number of benzene rings is 1. The molecule has 0 amide bonds. The zero-order chi connectivity index (χ0) is 13.9. The Morgan fingerprint density at radius 2 is 2.05 bits per heavy atom. The molecule has 0 radical (unpaired) electrons. The van der Waals surface area contributed by atoms with Crippen molar-refractivity contribution >= 4 is 17.7 Å². The largest absolute Gasteiger partial charge is 0.368 e. The number of aryl methyl sites for hydroxylation is 1. The van der Waals surface area contributed by atoms with E-state index in [9.17, 15) is 0 Å². The van der Waals surface area contributed by atoms with E-state index in [0.717, 1.165) is 5.56 Å². The molecule has 0 aliphatic rings. The molecule has 0 saturated heterocycles. The van der Waals surface area contributed by atoms with Gasteiger partial charge in [0.1, 0.15) is 0 Å². The summed E-state index contributed by atoms with van der Waals surface area (Å²) in [5.41, 5.74) is 7.56. The van der Waals surface area contributed by atoms with E-state index in [2.05, 4.69) is 25.3 Å². The molecule has 8 heteroatoms. The van der Waals surface area contributed by atoms with Gasteiger partial charge in [-0.25, -0.2) is 5.10 Å². The first kappa shape index (κ1) is 12.7. The molecule has 2 aromatic heterocycles. The smallest absolute Gasteiger partial charge is 0.237 e. The first-order valence-corrected chi connectivity index (χ1v) is 6.89.